The first-order valence-corrected chi connectivity index (χ1v) is 11.9. The molecule has 1 heterocycles. The third kappa shape index (κ3) is 3.86. The first-order valence-electron chi connectivity index (χ1n) is 9.45. The normalized spacial score (nSPS) is 11.7. The van der Waals surface area contributed by atoms with Crippen LogP contribution in [-0.4, -0.2) is 24.6 Å². The molecule has 0 radical (unpaired) electrons. The Morgan fingerprint density at radius 3 is 2.40 bits per heavy atom. The number of anilines is 1. The predicted molar refractivity (Wildman–Crippen MR) is 122 cm³/mol. The van der Waals surface area contributed by atoms with Crippen LogP contribution < -0.4 is 5.32 Å². The van der Waals surface area contributed by atoms with E-state index in [2.05, 4.69) is 28.5 Å². The van der Waals surface area contributed by atoms with Gasteiger partial charge >= 0.3 is 0 Å². The zero-order valence-electron chi connectivity index (χ0n) is 16.5. The van der Waals surface area contributed by atoms with Crippen molar-refractivity contribution in [3.05, 3.63) is 77.7 Å². The molecule has 0 atom stereocenters. The molecule has 1 amide bonds. The second-order valence-corrected chi connectivity index (χ2v) is 10.5. The first-order chi connectivity index (χ1) is 14.4. The number of nitrogens with zero attached hydrogens (tertiary/aromatic N) is 1. The molecule has 4 aromatic rings. The molecule has 1 aromatic heterocycles. The molecular formula is C23H20N2O3S2. The van der Waals surface area contributed by atoms with E-state index in [1.54, 1.807) is 13.8 Å². The van der Waals surface area contributed by atoms with Gasteiger partial charge in [0.1, 0.15) is 0 Å². The fourth-order valence-corrected chi connectivity index (χ4v) is 4.91. The Balaban J connectivity index is 1.55. The molecule has 0 aliphatic rings. The van der Waals surface area contributed by atoms with Crippen LogP contribution in [0, 0.1) is 0 Å². The van der Waals surface area contributed by atoms with Crippen LogP contribution >= 0.6 is 11.3 Å². The summed E-state index contributed by atoms with van der Waals surface area (Å²) in [6.07, 6.45) is 0. The van der Waals surface area contributed by atoms with Crippen LogP contribution in [0.3, 0.4) is 0 Å². The summed E-state index contributed by atoms with van der Waals surface area (Å²) in [5.74, 6) is -0.331. The monoisotopic (exact) mass is 436 g/mol. The van der Waals surface area contributed by atoms with Crippen LogP contribution in [0.25, 0.3) is 22.0 Å². The summed E-state index contributed by atoms with van der Waals surface area (Å²) < 4.78 is 24.5. The van der Waals surface area contributed by atoms with Crippen molar-refractivity contribution < 1.29 is 13.2 Å². The molecule has 0 saturated carbocycles. The maximum absolute atomic E-state index is 12.6. The number of carbonyl (C=O) groups is 1. The standard InChI is InChI=1S/C23H20N2O3S2/c1-15(2)30(27,28)18-12-10-17(11-13-18)22(26)25-23-24-21(14-29-23)20-9-5-7-16-6-3-4-8-19(16)20/h3-15H,1-2H3,(H,24,25,26). The Hall–Kier alpha value is -3.03. The third-order valence-electron chi connectivity index (χ3n) is 4.86. The predicted octanol–water partition coefficient (Wildman–Crippen LogP) is 5.40. The summed E-state index contributed by atoms with van der Waals surface area (Å²) in [7, 11) is -3.37. The molecule has 4 rings (SSSR count). The number of amides is 1. The number of thiazole rings is 1. The van der Waals surface area contributed by atoms with Crippen molar-refractivity contribution in [1.29, 1.82) is 0 Å². The van der Waals surface area contributed by atoms with E-state index in [0.717, 1.165) is 22.0 Å². The minimum Gasteiger partial charge on any atom is -0.298 e. The quantitative estimate of drug-likeness (QED) is 0.455. The lowest BCUT2D eigenvalue weighted by Gasteiger charge is -2.08. The fraction of sp³-hybridized carbons (Fsp3) is 0.130. The zero-order chi connectivity index (χ0) is 21.3. The number of hydrogen-bond donors (Lipinski definition) is 1. The maximum atomic E-state index is 12.6. The number of aromatic nitrogens is 1. The molecule has 7 heteroatoms. The second kappa shape index (κ2) is 8.01. The van der Waals surface area contributed by atoms with Crippen LogP contribution in [-0.2, 0) is 9.84 Å². The van der Waals surface area contributed by atoms with Gasteiger partial charge in [-0.2, -0.15) is 0 Å². The third-order valence-corrected chi connectivity index (χ3v) is 7.78. The Morgan fingerprint density at radius 2 is 1.67 bits per heavy atom. The van der Waals surface area contributed by atoms with Gasteiger partial charge in [-0.05, 0) is 48.9 Å². The number of hydrogen-bond acceptors (Lipinski definition) is 5. The van der Waals surface area contributed by atoms with E-state index in [4.69, 9.17) is 0 Å². The molecule has 0 aliphatic heterocycles. The average Bonchev–Trinajstić information content (AvgIpc) is 3.21. The van der Waals surface area contributed by atoms with Crippen molar-refractivity contribution in [2.24, 2.45) is 0 Å². The lowest BCUT2D eigenvalue weighted by molar-refractivity contribution is 0.102. The van der Waals surface area contributed by atoms with Crippen molar-refractivity contribution in [2.45, 2.75) is 24.0 Å². The largest absolute Gasteiger partial charge is 0.298 e. The molecular weight excluding hydrogens is 416 g/mol. The summed E-state index contributed by atoms with van der Waals surface area (Å²) in [6.45, 7) is 3.26. The van der Waals surface area contributed by atoms with Gasteiger partial charge in [-0.15, -0.1) is 11.3 Å². The van der Waals surface area contributed by atoms with Gasteiger partial charge in [-0.3, -0.25) is 10.1 Å². The Morgan fingerprint density at radius 1 is 0.967 bits per heavy atom. The van der Waals surface area contributed by atoms with Crippen LogP contribution in [0.15, 0.2) is 77.0 Å². The van der Waals surface area contributed by atoms with Gasteiger partial charge in [0.25, 0.3) is 5.91 Å². The van der Waals surface area contributed by atoms with E-state index in [1.807, 2.05) is 29.6 Å². The van der Waals surface area contributed by atoms with Crippen molar-refractivity contribution in [3.8, 4) is 11.3 Å². The van der Waals surface area contributed by atoms with Crippen LogP contribution in [0.1, 0.15) is 24.2 Å². The molecule has 0 aliphatic carbocycles. The smallest absolute Gasteiger partial charge is 0.257 e. The molecule has 0 bridgehead atoms. The summed E-state index contributed by atoms with van der Waals surface area (Å²) >= 11 is 1.35. The molecule has 152 valence electrons. The van der Waals surface area contributed by atoms with E-state index in [0.29, 0.717) is 10.7 Å². The topological polar surface area (TPSA) is 76.1 Å². The van der Waals surface area contributed by atoms with Gasteiger partial charge in [-0.25, -0.2) is 13.4 Å². The Labute approximate surface area is 179 Å². The maximum Gasteiger partial charge on any atom is 0.257 e. The number of nitrogens with one attached hydrogen (secondary N) is 1. The second-order valence-electron chi connectivity index (χ2n) is 7.14. The van der Waals surface area contributed by atoms with E-state index in [9.17, 15) is 13.2 Å². The van der Waals surface area contributed by atoms with Crippen LogP contribution in [0.4, 0.5) is 5.13 Å². The van der Waals surface area contributed by atoms with E-state index in [1.165, 1.54) is 35.6 Å². The average molecular weight is 437 g/mol. The van der Waals surface area contributed by atoms with Gasteiger partial charge in [0.2, 0.25) is 0 Å². The molecule has 3 aromatic carbocycles. The highest BCUT2D eigenvalue weighted by Gasteiger charge is 2.19. The van der Waals surface area contributed by atoms with Gasteiger partial charge < -0.3 is 0 Å². The van der Waals surface area contributed by atoms with Crippen molar-refractivity contribution in [3.63, 3.8) is 0 Å². The molecule has 0 spiro atoms. The minimum absolute atomic E-state index is 0.210. The molecule has 0 saturated heterocycles. The highest BCUT2D eigenvalue weighted by atomic mass is 32.2. The lowest BCUT2D eigenvalue weighted by Crippen LogP contribution is -2.15. The number of benzene rings is 3. The molecule has 30 heavy (non-hydrogen) atoms. The van der Waals surface area contributed by atoms with Gasteiger partial charge in [0, 0.05) is 16.5 Å². The van der Waals surface area contributed by atoms with Crippen LogP contribution in [0.2, 0.25) is 0 Å². The summed E-state index contributed by atoms with van der Waals surface area (Å²) in [5.41, 5.74) is 2.18. The molecule has 0 unspecified atom stereocenters. The molecule has 1 N–H and O–H groups in total. The highest BCUT2D eigenvalue weighted by Crippen LogP contribution is 2.31. The molecule has 0 fully saturated rings. The van der Waals surface area contributed by atoms with E-state index < -0.39 is 15.1 Å². The SMILES string of the molecule is CC(C)S(=O)(=O)c1ccc(C(=O)Nc2nc(-c3cccc4ccccc34)cs2)cc1. The number of fused-ring (bicyclic) bond motifs is 1. The highest BCUT2D eigenvalue weighted by molar-refractivity contribution is 7.92. The van der Waals surface area contributed by atoms with Gasteiger partial charge in [0.15, 0.2) is 15.0 Å². The van der Waals surface area contributed by atoms with Crippen molar-refractivity contribution in [2.75, 3.05) is 5.32 Å². The summed E-state index contributed by atoms with van der Waals surface area (Å²) in [6, 6.07) is 20.1. The van der Waals surface area contributed by atoms with Crippen molar-refractivity contribution in [1.82, 2.24) is 4.98 Å². The Bertz CT molecular complexity index is 1320. The zero-order valence-corrected chi connectivity index (χ0v) is 18.1. The minimum atomic E-state index is -3.37. The Kier molecular flexibility index (Phi) is 5.40. The van der Waals surface area contributed by atoms with E-state index >= 15 is 0 Å². The molecule has 5 nitrogen and oxygen atoms in total. The summed E-state index contributed by atoms with van der Waals surface area (Å²) in [5, 5.41) is 6.91. The van der Waals surface area contributed by atoms with E-state index in [-0.39, 0.29) is 10.8 Å². The lowest BCUT2D eigenvalue weighted by atomic mass is 10.0. The first kappa shape index (κ1) is 20.3. The van der Waals surface area contributed by atoms with Gasteiger partial charge in [-0.1, -0.05) is 42.5 Å². The number of sulfone groups is 1. The fourth-order valence-electron chi connectivity index (χ4n) is 3.14. The van der Waals surface area contributed by atoms with Crippen LogP contribution in [0.5, 0.6) is 0 Å². The summed E-state index contributed by atoms with van der Waals surface area (Å²) in [4.78, 5) is 17.3. The number of carbonyl (C=O) groups excluding carboxylic acids is 1. The number of rotatable bonds is 5. The van der Waals surface area contributed by atoms with Crippen molar-refractivity contribution >= 4 is 43.0 Å². The van der Waals surface area contributed by atoms with Gasteiger partial charge in [0.05, 0.1) is 15.8 Å².